The van der Waals surface area contributed by atoms with Gasteiger partial charge in [0.2, 0.25) is 10.0 Å². The van der Waals surface area contributed by atoms with Crippen LogP contribution in [0.5, 0.6) is 0 Å². The highest BCUT2D eigenvalue weighted by Crippen LogP contribution is 2.34. The first kappa shape index (κ1) is 18.9. The lowest BCUT2D eigenvalue weighted by atomic mass is 10.0. The Morgan fingerprint density at radius 1 is 1.38 bits per heavy atom. The first-order valence-electron chi connectivity index (χ1n) is 7.50. The molecule has 24 heavy (non-hydrogen) atoms. The molecule has 0 aromatic heterocycles. The molecule has 2 rings (SSSR count). The number of carbonyl (C=O) groups is 1. The Kier molecular flexibility index (Phi) is 4.82. The second-order valence-corrected chi connectivity index (χ2v) is 10.3. The molecule has 0 amide bonds. The predicted molar refractivity (Wildman–Crippen MR) is 89.4 cm³/mol. The van der Waals surface area contributed by atoms with Crippen molar-refractivity contribution in [2.45, 2.75) is 37.6 Å². The molecule has 1 fully saturated rings. The number of benzene rings is 1. The SMILES string of the molecule is CCN([C@]1(C)CCS(=O)(=O)C1)S(=O)(=O)c1cc(C(=O)O)ccc1C. The molecule has 1 aliphatic rings. The molecule has 134 valence electrons. The van der Waals surface area contributed by atoms with Crippen LogP contribution in [0.15, 0.2) is 23.1 Å². The van der Waals surface area contributed by atoms with Gasteiger partial charge in [0.25, 0.3) is 0 Å². The highest BCUT2D eigenvalue weighted by molar-refractivity contribution is 7.92. The van der Waals surface area contributed by atoms with Gasteiger partial charge in [-0.25, -0.2) is 21.6 Å². The Hall–Kier alpha value is -1.45. The number of nitrogens with zero attached hydrogens (tertiary/aromatic N) is 1. The van der Waals surface area contributed by atoms with Crippen molar-refractivity contribution in [2.75, 3.05) is 18.1 Å². The molecule has 1 N–H and O–H groups in total. The second-order valence-electron chi connectivity index (χ2n) is 6.29. The first-order valence-corrected chi connectivity index (χ1v) is 10.8. The van der Waals surface area contributed by atoms with Gasteiger partial charge in [0.05, 0.1) is 22.0 Å². The van der Waals surface area contributed by atoms with Gasteiger partial charge in [-0.1, -0.05) is 13.0 Å². The maximum Gasteiger partial charge on any atom is 0.335 e. The highest BCUT2D eigenvalue weighted by atomic mass is 32.2. The monoisotopic (exact) mass is 375 g/mol. The molecule has 0 saturated carbocycles. The van der Waals surface area contributed by atoms with Gasteiger partial charge >= 0.3 is 5.97 Å². The van der Waals surface area contributed by atoms with Crippen molar-refractivity contribution in [2.24, 2.45) is 0 Å². The molecule has 0 unspecified atom stereocenters. The number of hydrogen-bond donors (Lipinski definition) is 1. The Morgan fingerprint density at radius 3 is 2.46 bits per heavy atom. The number of rotatable bonds is 5. The van der Waals surface area contributed by atoms with Crippen LogP contribution in [-0.2, 0) is 19.9 Å². The molecule has 0 radical (unpaired) electrons. The minimum absolute atomic E-state index is 0.0519. The van der Waals surface area contributed by atoms with Crippen LogP contribution in [0.1, 0.15) is 36.2 Å². The molecule has 1 aromatic rings. The Balaban J connectivity index is 2.56. The second kappa shape index (κ2) is 6.12. The van der Waals surface area contributed by atoms with E-state index in [4.69, 9.17) is 5.11 Å². The smallest absolute Gasteiger partial charge is 0.335 e. The van der Waals surface area contributed by atoms with Gasteiger partial charge in [-0.05, 0) is 38.0 Å². The minimum atomic E-state index is -4.02. The van der Waals surface area contributed by atoms with Crippen molar-refractivity contribution in [1.29, 1.82) is 0 Å². The van der Waals surface area contributed by atoms with Crippen LogP contribution >= 0.6 is 0 Å². The summed E-state index contributed by atoms with van der Waals surface area (Å²) in [7, 11) is -7.31. The number of hydrogen-bond acceptors (Lipinski definition) is 5. The summed E-state index contributed by atoms with van der Waals surface area (Å²) in [6, 6.07) is 3.91. The molecule has 9 heteroatoms. The number of carboxylic acid groups (broad SMARTS) is 1. The summed E-state index contributed by atoms with van der Waals surface area (Å²) in [6.07, 6.45) is 0.222. The number of carboxylic acids is 1. The van der Waals surface area contributed by atoms with E-state index in [-0.39, 0.29) is 34.9 Å². The average Bonchev–Trinajstić information content (AvgIpc) is 2.73. The zero-order valence-corrected chi connectivity index (χ0v) is 15.4. The largest absolute Gasteiger partial charge is 0.478 e. The van der Waals surface area contributed by atoms with Crippen molar-refractivity contribution in [3.05, 3.63) is 29.3 Å². The molecule has 1 aromatic carbocycles. The summed E-state index contributed by atoms with van der Waals surface area (Å²) in [6.45, 7) is 4.95. The maximum absolute atomic E-state index is 13.1. The summed E-state index contributed by atoms with van der Waals surface area (Å²) in [4.78, 5) is 11.0. The van der Waals surface area contributed by atoms with E-state index in [0.717, 1.165) is 6.07 Å². The van der Waals surface area contributed by atoms with Gasteiger partial charge in [0.1, 0.15) is 0 Å². The van der Waals surface area contributed by atoms with Gasteiger partial charge in [-0.15, -0.1) is 0 Å². The van der Waals surface area contributed by atoms with E-state index in [2.05, 4.69) is 0 Å². The van der Waals surface area contributed by atoms with E-state index < -0.39 is 31.4 Å². The van der Waals surface area contributed by atoms with Crippen LogP contribution in [-0.4, -0.2) is 55.8 Å². The van der Waals surface area contributed by atoms with Gasteiger partial charge in [0.15, 0.2) is 9.84 Å². The molecule has 1 heterocycles. The molecule has 0 spiro atoms. The van der Waals surface area contributed by atoms with Crippen LogP contribution in [0, 0.1) is 6.92 Å². The standard InChI is InChI=1S/C15H21NO6S2/c1-4-16(15(3)7-8-23(19,20)10-15)24(21,22)13-9-12(14(17)18)6-5-11(13)2/h5-6,9H,4,7-8,10H2,1-3H3,(H,17,18)/t15-/m1/s1. The Morgan fingerprint density at radius 2 is 2.00 bits per heavy atom. The zero-order chi connectivity index (χ0) is 18.3. The fraction of sp³-hybridized carbons (Fsp3) is 0.533. The summed E-state index contributed by atoms with van der Waals surface area (Å²) in [5, 5.41) is 9.10. The van der Waals surface area contributed by atoms with E-state index >= 15 is 0 Å². The average molecular weight is 375 g/mol. The van der Waals surface area contributed by atoms with Gasteiger partial charge in [0, 0.05) is 12.1 Å². The van der Waals surface area contributed by atoms with Gasteiger partial charge in [-0.2, -0.15) is 4.31 Å². The lowest BCUT2D eigenvalue weighted by Gasteiger charge is -2.36. The summed E-state index contributed by atoms with van der Waals surface area (Å²) in [5.41, 5.74) is -0.736. The Bertz CT molecular complexity index is 875. The van der Waals surface area contributed by atoms with Crippen LogP contribution in [0.25, 0.3) is 0 Å². The summed E-state index contributed by atoms with van der Waals surface area (Å²) < 4.78 is 51.1. The van der Waals surface area contributed by atoms with E-state index in [9.17, 15) is 21.6 Å². The van der Waals surface area contributed by atoms with Crippen LogP contribution in [0.4, 0.5) is 0 Å². The third-order valence-corrected chi connectivity index (χ3v) is 8.54. The third kappa shape index (κ3) is 3.33. The van der Waals surface area contributed by atoms with E-state index in [1.165, 1.54) is 16.4 Å². The normalized spacial score (nSPS) is 23.5. The van der Waals surface area contributed by atoms with Crippen molar-refractivity contribution in [3.63, 3.8) is 0 Å². The lowest BCUT2D eigenvalue weighted by Crippen LogP contribution is -2.50. The van der Waals surface area contributed by atoms with Crippen LogP contribution in [0.3, 0.4) is 0 Å². The van der Waals surface area contributed by atoms with E-state index in [1.807, 2.05) is 0 Å². The first-order chi connectivity index (χ1) is 10.9. The van der Waals surface area contributed by atoms with Crippen molar-refractivity contribution in [3.8, 4) is 0 Å². The molecule has 1 saturated heterocycles. The summed E-state index contributed by atoms with van der Waals surface area (Å²) in [5.74, 6) is -1.50. The molecule has 1 aliphatic heterocycles. The molecule has 0 aliphatic carbocycles. The maximum atomic E-state index is 13.1. The quantitative estimate of drug-likeness (QED) is 0.830. The van der Waals surface area contributed by atoms with E-state index in [0.29, 0.717) is 5.56 Å². The van der Waals surface area contributed by atoms with Crippen LogP contribution < -0.4 is 0 Å². The highest BCUT2D eigenvalue weighted by Gasteiger charge is 2.47. The lowest BCUT2D eigenvalue weighted by molar-refractivity contribution is 0.0696. The van der Waals surface area contributed by atoms with E-state index in [1.54, 1.807) is 20.8 Å². The Labute approximate surface area is 142 Å². The van der Waals surface area contributed by atoms with Gasteiger partial charge in [-0.3, -0.25) is 0 Å². The topological polar surface area (TPSA) is 109 Å². The predicted octanol–water partition coefficient (Wildman–Crippen LogP) is 1.28. The summed E-state index contributed by atoms with van der Waals surface area (Å²) >= 11 is 0. The fourth-order valence-corrected chi connectivity index (χ4v) is 7.45. The zero-order valence-electron chi connectivity index (χ0n) is 13.8. The number of sulfonamides is 1. The molecule has 1 atom stereocenters. The minimum Gasteiger partial charge on any atom is -0.478 e. The van der Waals surface area contributed by atoms with Crippen molar-refractivity contribution in [1.82, 2.24) is 4.31 Å². The number of sulfone groups is 1. The van der Waals surface area contributed by atoms with Crippen molar-refractivity contribution < 1.29 is 26.7 Å². The van der Waals surface area contributed by atoms with Crippen molar-refractivity contribution >= 4 is 25.8 Å². The number of aryl methyl sites for hydroxylation is 1. The van der Waals surface area contributed by atoms with Crippen LogP contribution in [0.2, 0.25) is 0 Å². The molecular formula is C15H21NO6S2. The molecular weight excluding hydrogens is 354 g/mol. The molecule has 7 nitrogen and oxygen atoms in total. The number of aromatic carboxylic acids is 1. The van der Waals surface area contributed by atoms with Gasteiger partial charge < -0.3 is 5.11 Å². The third-order valence-electron chi connectivity index (χ3n) is 4.37. The fourth-order valence-electron chi connectivity index (χ4n) is 3.16. The molecule has 0 bridgehead atoms.